The highest BCUT2D eigenvalue weighted by Crippen LogP contribution is 2.39. The second-order valence-electron chi connectivity index (χ2n) is 2.48. The predicted octanol–water partition coefficient (Wildman–Crippen LogP) is 1.87. The number of hydrogen-bond donors (Lipinski definition) is 1. The zero-order chi connectivity index (χ0) is 9.61. The molecular formula is C8H16FNO2. The van der Waals surface area contributed by atoms with Crippen LogP contribution in [0, 0.1) is 0 Å². The van der Waals surface area contributed by atoms with Gasteiger partial charge in [0, 0.05) is 7.05 Å². The lowest BCUT2D eigenvalue weighted by Crippen LogP contribution is -2.23. The number of nitrogens with one attached hydrogen (secondary N) is 1. The standard InChI is InChI=1S/C6H10FNO2.C2H6/c1-8-5(9)10-4-6(7)2-3-6;1-2/h2-4H2,1H3,(H,8,9);1-2H3. The van der Waals surface area contributed by atoms with E-state index in [-0.39, 0.29) is 6.61 Å². The Morgan fingerprint density at radius 2 is 2.08 bits per heavy atom. The van der Waals surface area contributed by atoms with Crippen molar-refractivity contribution in [1.82, 2.24) is 5.32 Å². The molecule has 12 heavy (non-hydrogen) atoms. The molecule has 0 unspecified atom stereocenters. The summed E-state index contributed by atoms with van der Waals surface area (Å²) in [6, 6.07) is 0. The van der Waals surface area contributed by atoms with Gasteiger partial charge in [0.15, 0.2) is 0 Å². The van der Waals surface area contributed by atoms with E-state index in [0.29, 0.717) is 12.8 Å². The first-order valence-electron chi connectivity index (χ1n) is 4.20. The molecule has 0 aromatic rings. The lowest BCUT2D eigenvalue weighted by molar-refractivity contribution is 0.104. The van der Waals surface area contributed by atoms with Gasteiger partial charge in [-0.1, -0.05) is 13.8 Å². The number of alkyl carbamates (subject to hydrolysis) is 1. The van der Waals surface area contributed by atoms with Crippen molar-refractivity contribution >= 4 is 6.09 Å². The van der Waals surface area contributed by atoms with Gasteiger partial charge in [0.05, 0.1) is 0 Å². The zero-order valence-electron chi connectivity index (χ0n) is 7.82. The van der Waals surface area contributed by atoms with E-state index in [1.807, 2.05) is 13.8 Å². The maximum absolute atomic E-state index is 12.7. The molecule has 72 valence electrons. The van der Waals surface area contributed by atoms with Crippen molar-refractivity contribution in [3.63, 3.8) is 0 Å². The third-order valence-corrected chi connectivity index (χ3v) is 1.46. The second-order valence-corrected chi connectivity index (χ2v) is 2.48. The molecule has 1 aliphatic carbocycles. The van der Waals surface area contributed by atoms with Crippen LogP contribution >= 0.6 is 0 Å². The van der Waals surface area contributed by atoms with Crippen molar-refractivity contribution in [2.45, 2.75) is 32.4 Å². The van der Waals surface area contributed by atoms with Crippen molar-refractivity contribution in [1.29, 1.82) is 0 Å². The van der Waals surface area contributed by atoms with E-state index in [4.69, 9.17) is 0 Å². The molecule has 1 rings (SSSR count). The fourth-order valence-electron chi connectivity index (χ4n) is 0.547. The van der Waals surface area contributed by atoms with Gasteiger partial charge in [0.1, 0.15) is 12.3 Å². The SMILES string of the molecule is CC.CNC(=O)OCC1(F)CC1. The Morgan fingerprint density at radius 3 is 2.42 bits per heavy atom. The van der Waals surface area contributed by atoms with E-state index < -0.39 is 11.8 Å². The highest BCUT2D eigenvalue weighted by Gasteiger charge is 2.44. The van der Waals surface area contributed by atoms with Gasteiger partial charge in [-0.2, -0.15) is 0 Å². The van der Waals surface area contributed by atoms with Crippen LogP contribution in [0.5, 0.6) is 0 Å². The van der Waals surface area contributed by atoms with Crippen LogP contribution in [-0.2, 0) is 4.74 Å². The molecular weight excluding hydrogens is 161 g/mol. The number of halogens is 1. The average molecular weight is 177 g/mol. The van der Waals surface area contributed by atoms with Crippen LogP contribution in [0.15, 0.2) is 0 Å². The quantitative estimate of drug-likeness (QED) is 0.699. The summed E-state index contributed by atoms with van der Waals surface area (Å²) in [6.45, 7) is 3.90. The Hall–Kier alpha value is -0.800. The van der Waals surface area contributed by atoms with Crippen LogP contribution in [0.3, 0.4) is 0 Å². The van der Waals surface area contributed by atoms with Crippen molar-refractivity contribution in [2.24, 2.45) is 0 Å². The largest absolute Gasteiger partial charge is 0.446 e. The summed E-state index contributed by atoms with van der Waals surface area (Å²) >= 11 is 0. The Balaban J connectivity index is 0.000000561. The van der Waals surface area contributed by atoms with Gasteiger partial charge in [-0.15, -0.1) is 0 Å². The summed E-state index contributed by atoms with van der Waals surface area (Å²) in [6.07, 6.45) is 0.470. The number of rotatable bonds is 2. The van der Waals surface area contributed by atoms with Gasteiger partial charge in [0.25, 0.3) is 0 Å². The molecule has 1 amide bonds. The second kappa shape index (κ2) is 4.95. The number of carbonyl (C=O) groups excluding carboxylic acids is 1. The van der Waals surface area contributed by atoms with Crippen molar-refractivity contribution < 1.29 is 13.9 Å². The van der Waals surface area contributed by atoms with Crippen LogP contribution in [0.25, 0.3) is 0 Å². The molecule has 0 saturated heterocycles. The van der Waals surface area contributed by atoms with Gasteiger partial charge >= 0.3 is 6.09 Å². The minimum Gasteiger partial charge on any atom is -0.446 e. The van der Waals surface area contributed by atoms with Gasteiger partial charge in [-0.25, -0.2) is 9.18 Å². The predicted molar refractivity (Wildman–Crippen MR) is 44.8 cm³/mol. The van der Waals surface area contributed by atoms with E-state index in [9.17, 15) is 9.18 Å². The van der Waals surface area contributed by atoms with E-state index in [1.165, 1.54) is 7.05 Å². The number of ether oxygens (including phenoxy) is 1. The first kappa shape index (κ1) is 11.2. The minimum absolute atomic E-state index is 0.104. The monoisotopic (exact) mass is 177 g/mol. The fraction of sp³-hybridized carbons (Fsp3) is 0.875. The molecule has 0 bridgehead atoms. The van der Waals surface area contributed by atoms with Gasteiger partial charge in [-0.3, -0.25) is 0 Å². The van der Waals surface area contributed by atoms with Crippen LogP contribution < -0.4 is 5.32 Å². The highest BCUT2D eigenvalue weighted by molar-refractivity contribution is 5.66. The molecule has 1 fully saturated rings. The number of carbonyl (C=O) groups is 1. The van der Waals surface area contributed by atoms with Crippen LogP contribution in [0.2, 0.25) is 0 Å². The van der Waals surface area contributed by atoms with E-state index in [1.54, 1.807) is 0 Å². The molecule has 1 N–H and O–H groups in total. The summed E-state index contributed by atoms with van der Waals surface area (Å²) in [5.41, 5.74) is -1.20. The molecule has 0 atom stereocenters. The normalized spacial score (nSPS) is 17.0. The van der Waals surface area contributed by atoms with Crippen molar-refractivity contribution in [2.75, 3.05) is 13.7 Å². The minimum atomic E-state index is -1.20. The van der Waals surface area contributed by atoms with Gasteiger partial charge in [0.2, 0.25) is 0 Å². The van der Waals surface area contributed by atoms with E-state index in [2.05, 4.69) is 10.1 Å². The third kappa shape index (κ3) is 4.16. The molecule has 0 aliphatic heterocycles. The topological polar surface area (TPSA) is 38.3 Å². The number of alkyl halides is 1. The molecule has 0 spiro atoms. The summed E-state index contributed by atoms with van der Waals surface area (Å²) in [5, 5.41) is 2.24. The van der Waals surface area contributed by atoms with Crippen LogP contribution in [0.1, 0.15) is 26.7 Å². The van der Waals surface area contributed by atoms with Crippen LogP contribution in [-0.4, -0.2) is 25.4 Å². The van der Waals surface area contributed by atoms with E-state index in [0.717, 1.165) is 0 Å². The maximum atomic E-state index is 12.7. The Kier molecular flexibility index (Phi) is 4.62. The maximum Gasteiger partial charge on any atom is 0.406 e. The first-order valence-corrected chi connectivity index (χ1v) is 4.20. The van der Waals surface area contributed by atoms with E-state index >= 15 is 0 Å². The fourth-order valence-corrected chi connectivity index (χ4v) is 0.547. The molecule has 0 aromatic heterocycles. The summed E-state index contributed by atoms with van der Waals surface area (Å²) < 4.78 is 17.2. The molecule has 3 nitrogen and oxygen atoms in total. The molecule has 0 radical (unpaired) electrons. The van der Waals surface area contributed by atoms with Crippen molar-refractivity contribution in [3.05, 3.63) is 0 Å². The highest BCUT2D eigenvalue weighted by atomic mass is 19.1. The molecule has 1 saturated carbocycles. The van der Waals surface area contributed by atoms with Crippen molar-refractivity contribution in [3.8, 4) is 0 Å². The first-order chi connectivity index (χ1) is 5.66. The number of hydrogen-bond acceptors (Lipinski definition) is 2. The van der Waals surface area contributed by atoms with Gasteiger partial charge < -0.3 is 10.1 Å². The zero-order valence-corrected chi connectivity index (χ0v) is 7.82. The summed E-state index contributed by atoms with van der Waals surface area (Å²) in [5.74, 6) is 0. The Bertz CT molecular complexity index is 146. The lowest BCUT2D eigenvalue weighted by atomic mass is 10.4. The lowest BCUT2D eigenvalue weighted by Gasteiger charge is -2.05. The molecule has 0 heterocycles. The third-order valence-electron chi connectivity index (χ3n) is 1.46. The Labute approximate surface area is 72.3 Å². The molecule has 4 heteroatoms. The molecule has 0 aromatic carbocycles. The van der Waals surface area contributed by atoms with Crippen LogP contribution in [0.4, 0.5) is 9.18 Å². The average Bonchev–Trinajstić information content (AvgIpc) is 2.84. The summed E-state index contributed by atoms with van der Waals surface area (Å²) in [4.78, 5) is 10.4. The Morgan fingerprint density at radius 1 is 1.58 bits per heavy atom. The number of amides is 1. The molecule has 1 aliphatic rings. The summed E-state index contributed by atoms with van der Waals surface area (Å²) in [7, 11) is 1.44. The van der Waals surface area contributed by atoms with Gasteiger partial charge in [-0.05, 0) is 12.8 Å². The smallest absolute Gasteiger partial charge is 0.406 e.